The SMILES string of the molecule is C=CCN(CCO)CC(C)CC. The number of hydrogen-bond acceptors (Lipinski definition) is 2. The summed E-state index contributed by atoms with van der Waals surface area (Å²) in [5.41, 5.74) is 0. The molecule has 0 radical (unpaired) electrons. The van der Waals surface area contributed by atoms with Gasteiger partial charge in [-0.15, -0.1) is 6.58 Å². The van der Waals surface area contributed by atoms with E-state index in [1.54, 1.807) is 0 Å². The molecule has 1 atom stereocenters. The van der Waals surface area contributed by atoms with Crippen LogP contribution in [0, 0.1) is 5.92 Å². The van der Waals surface area contributed by atoms with Crippen LogP contribution >= 0.6 is 0 Å². The lowest BCUT2D eigenvalue weighted by atomic mass is 10.1. The molecule has 2 heteroatoms. The van der Waals surface area contributed by atoms with Gasteiger partial charge in [0.2, 0.25) is 0 Å². The summed E-state index contributed by atoms with van der Waals surface area (Å²) in [6.45, 7) is 11.1. The quantitative estimate of drug-likeness (QED) is 0.587. The van der Waals surface area contributed by atoms with Crippen LogP contribution in [0.15, 0.2) is 12.7 Å². The lowest BCUT2D eigenvalue weighted by molar-refractivity contribution is 0.190. The predicted octanol–water partition coefficient (Wildman–Crippen LogP) is 1.51. The molecule has 0 aliphatic rings. The van der Waals surface area contributed by atoms with Crippen molar-refractivity contribution in [2.75, 3.05) is 26.2 Å². The normalized spacial score (nSPS) is 13.3. The minimum Gasteiger partial charge on any atom is -0.395 e. The molecule has 0 aromatic heterocycles. The Labute approximate surface area is 75.9 Å². The summed E-state index contributed by atoms with van der Waals surface area (Å²) in [6.07, 6.45) is 3.08. The van der Waals surface area contributed by atoms with Crippen molar-refractivity contribution in [3.8, 4) is 0 Å². The third-order valence-electron chi connectivity index (χ3n) is 2.07. The second-order valence-electron chi connectivity index (χ2n) is 3.29. The van der Waals surface area contributed by atoms with Crippen molar-refractivity contribution in [2.24, 2.45) is 5.92 Å². The highest BCUT2D eigenvalue weighted by molar-refractivity contribution is 4.74. The zero-order valence-corrected chi connectivity index (χ0v) is 8.29. The molecule has 0 aliphatic heterocycles. The first-order chi connectivity index (χ1) is 5.74. The maximum Gasteiger partial charge on any atom is 0.0558 e. The molecule has 72 valence electrons. The Balaban J connectivity index is 3.68. The van der Waals surface area contributed by atoms with E-state index in [0.717, 1.165) is 19.6 Å². The first kappa shape index (κ1) is 11.7. The van der Waals surface area contributed by atoms with Crippen molar-refractivity contribution in [2.45, 2.75) is 20.3 Å². The molecule has 1 N–H and O–H groups in total. The van der Waals surface area contributed by atoms with Gasteiger partial charge in [0, 0.05) is 19.6 Å². The van der Waals surface area contributed by atoms with Gasteiger partial charge in [0.1, 0.15) is 0 Å². The second-order valence-corrected chi connectivity index (χ2v) is 3.29. The van der Waals surface area contributed by atoms with Crippen LogP contribution in [0.5, 0.6) is 0 Å². The zero-order valence-electron chi connectivity index (χ0n) is 8.29. The van der Waals surface area contributed by atoms with E-state index in [9.17, 15) is 0 Å². The van der Waals surface area contributed by atoms with E-state index in [1.807, 2.05) is 6.08 Å². The Morgan fingerprint density at radius 1 is 1.58 bits per heavy atom. The molecule has 0 saturated heterocycles. The minimum absolute atomic E-state index is 0.240. The summed E-state index contributed by atoms with van der Waals surface area (Å²) >= 11 is 0. The van der Waals surface area contributed by atoms with Crippen LogP contribution < -0.4 is 0 Å². The Morgan fingerprint density at radius 2 is 2.25 bits per heavy atom. The van der Waals surface area contributed by atoms with Crippen molar-refractivity contribution in [1.82, 2.24) is 4.90 Å². The highest BCUT2D eigenvalue weighted by atomic mass is 16.3. The highest BCUT2D eigenvalue weighted by Crippen LogP contribution is 2.03. The summed E-state index contributed by atoms with van der Waals surface area (Å²) in [7, 11) is 0. The van der Waals surface area contributed by atoms with Gasteiger partial charge in [0.05, 0.1) is 6.61 Å². The fraction of sp³-hybridized carbons (Fsp3) is 0.800. The zero-order chi connectivity index (χ0) is 9.40. The van der Waals surface area contributed by atoms with E-state index < -0.39 is 0 Å². The van der Waals surface area contributed by atoms with Crippen LogP contribution in [0.4, 0.5) is 0 Å². The Bertz CT molecular complexity index is 114. The number of nitrogens with zero attached hydrogens (tertiary/aromatic N) is 1. The number of hydrogen-bond donors (Lipinski definition) is 1. The monoisotopic (exact) mass is 171 g/mol. The minimum atomic E-state index is 0.240. The van der Waals surface area contributed by atoms with Gasteiger partial charge in [-0.3, -0.25) is 4.90 Å². The average molecular weight is 171 g/mol. The summed E-state index contributed by atoms with van der Waals surface area (Å²) in [6, 6.07) is 0. The molecule has 1 unspecified atom stereocenters. The molecule has 0 bridgehead atoms. The average Bonchev–Trinajstić information content (AvgIpc) is 2.05. The van der Waals surface area contributed by atoms with Crippen LogP contribution in [0.3, 0.4) is 0 Å². The van der Waals surface area contributed by atoms with Gasteiger partial charge >= 0.3 is 0 Å². The lowest BCUT2D eigenvalue weighted by Crippen LogP contribution is -2.31. The number of aliphatic hydroxyl groups is 1. The smallest absolute Gasteiger partial charge is 0.0558 e. The van der Waals surface area contributed by atoms with Crippen molar-refractivity contribution >= 4 is 0 Å². The molecule has 0 aromatic carbocycles. The van der Waals surface area contributed by atoms with Crippen LogP contribution in [-0.2, 0) is 0 Å². The Hall–Kier alpha value is -0.340. The van der Waals surface area contributed by atoms with E-state index in [1.165, 1.54) is 6.42 Å². The topological polar surface area (TPSA) is 23.5 Å². The van der Waals surface area contributed by atoms with E-state index in [0.29, 0.717) is 5.92 Å². The summed E-state index contributed by atoms with van der Waals surface area (Å²) < 4.78 is 0. The molecule has 0 spiro atoms. The summed E-state index contributed by atoms with van der Waals surface area (Å²) in [5, 5.41) is 8.77. The van der Waals surface area contributed by atoms with Gasteiger partial charge in [-0.25, -0.2) is 0 Å². The molecular formula is C10H21NO. The molecule has 0 saturated carbocycles. The molecule has 12 heavy (non-hydrogen) atoms. The van der Waals surface area contributed by atoms with Gasteiger partial charge < -0.3 is 5.11 Å². The van der Waals surface area contributed by atoms with E-state index in [4.69, 9.17) is 5.11 Å². The molecule has 0 aromatic rings. The van der Waals surface area contributed by atoms with Gasteiger partial charge in [-0.1, -0.05) is 26.3 Å². The second kappa shape index (κ2) is 7.32. The molecule has 0 amide bonds. The van der Waals surface area contributed by atoms with Crippen LogP contribution in [-0.4, -0.2) is 36.2 Å². The predicted molar refractivity (Wildman–Crippen MR) is 53.2 cm³/mol. The van der Waals surface area contributed by atoms with Gasteiger partial charge in [-0.2, -0.15) is 0 Å². The lowest BCUT2D eigenvalue weighted by Gasteiger charge is -2.22. The van der Waals surface area contributed by atoms with Crippen LogP contribution in [0.2, 0.25) is 0 Å². The van der Waals surface area contributed by atoms with Gasteiger partial charge in [0.15, 0.2) is 0 Å². The maximum absolute atomic E-state index is 8.77. The van der Waals surface area contributed by atoms with Gasteiger partial charge in [-0.05, 0) is 5.92 Å². The van der Waals surface area contributed by atoms with Crippen molar-refractivity contribution in [1.29, 1.82) is 0 Å². The molecular weight excluding hydrogens is 150 g/mol. The third-order valence-corrected chi connectivity index (χ3v) is 2.07. The van der Waals surface area contributed by atoms with Crippen LogP contribution in [0.25, 0.3) is 0 Å². The fourth-order valence-electron chi connectivity index (χ4n) is 1.15. The molecule has 0 rings (SSSR count). The largest absolute Gasteiger partial charge is 0.395 e. The van der Waals surface area contributed by atoms with Crippen molar-refractivity contribution in [3.63, 3.8) is 0 Å². The number of rotatable bonds is 7. The van der Waals surface area contributed by atoms with E-state index >= 15 is 0 Å². The van der Waals surface area contributed by atoms with Crippen molar-refractivity contribution < 1.29 is 5.11 Å². The van der Waals surface area contributed by atoms with Crippen molar-refractivity contribution in [3.05, 3.63) is 12.7 Å². The Kier molecular flexibility index (Phi) is 7.11. The first-order valence-corrected chi connectivity index (χ1v) is 4.68. The third kappa shape index (κ3) is 5.33. The fourth-order valence-corrected chi connectivity index (χ4v) is 1.15. The molecule has 2 nitrogen and oxygen atoms in total. The van der Waals surface area contributed by atoms with E-state index in [-0.39, 0.29) is 6.61 Å². The molecule has 0 fully saturated rings. The van der Waals surface area contributed by atoms with Gasteiger partial charge in [0.25, 0.3) is 0 Å². The molecule has 0 aliphatic carbocycles. The highest BCUT2D eigenvalue weighted by Gasteiger charge is 2.05. The first-order valence-electron chi connectivity index (χ1n) is 4.68. The van der Waals surface area contributed by atoms with Crippen LogP contribution in [0.1, 0.15) is 20.3 Å². The summed E-state index contributed by atoms with van der Waals surface area (Å²) in [5.74, 6) is 0.705. The Morgan fingerprint density at radius 3 is 2.67 bits per heavy atom. The summed E-state index contributed by atoms with van der Waals surface area (Å²) in [4.78, 5) is 2.22. The van der Waals surface area contributed by atoms with E-state index in [2.05, 4.69) is 25.3 Å². The maximum atomic E-state index is 8.77. The standard InChI is InChI=1S/C10H21NO/c1-4-6-11(7-8-12)9-10(3)5-2/h4,10,12H,1,5-9H2,2-3H3. The molecule has 0 heterocycles. The number of aliphatic hydroxyl groups excluding tert-OH is 1.